The van der Waals surface area contributed by atoms with Crippen molar-refractivity contribution >= 4 is 18.0 Å². The van der Waals surface area contributed by atoms with Gasteiger partial charge < -0.3 is 14.2 Å². The zero-order valence-corrected chi connectivity index (χ0v) is 15.3. The van der Waals surface area contributed by atoms with Crippen LogP contribution in [-0.2, 0) is 14.2 Å². The van der Waals surface area contributed by atoms with Gasteiger partial charge in [-0.05, 0) is 24.3 Å². The van der Waals surface area contributed by atoms with Crippen LogP contribution in [0.15, 0.2) is 72.8 Å². The number of carbonyl (C=O) groups excluding carboxylic acids is 3. The van der Waals surface area contributed by atoms with Gasteiger partial charge in [0.2, 0.25) is 0 Å². The van der Waals surface area contributed by atoms with Gasteiger partial charge in [0, 0.05) is 6.54 Å². The van der Waals surface area contributed by atoms with E-state index >= 15 is 0 Å². The quantitative estimate of drug-likeness (QED) is 0.453. The minimum atomic E-state index is -0.941. The first-order valence-electron chi connectivity index (χ1n) is 9.29. The van der Waals surface area contributed by atoms with Crippen LogP contribution in [0.5, 0.6) is 0 Å². The second kappa shape index (κ2) is 6.48. The second-order valence-electron chi connectivity index (χ2n) is 7.13. The Morgan fingerprint density at radius 3 is 2.14 bits per heavy atom. The van der Waals surface area contributed by atoms with E-state index in [-0.39, 0.29) is 0 Å². The van der Waals surface area contributed by atoms with E-state index in [2.05, 4.69) is 0 Å². The van der Waals surface area contributed by atoms with Crippen molar-refractivity contribution < 1.29 is 28.6 Å². The normalized spacial score (nSPS) is 28.8. The van der Waals surface area contributed by atoms with Crippen LogP contribution in [-0.4, -0.2) is 53.3 Å². The van der Waals surface area contributed by atoms with Gasteiger partial charge in [0.25, 0.3) is 0 Å². The van der Waals surface area contributed by atoms with Crippen molar-refractivity contribution in [3.05, 3.63) is 83.9 Å². The lowest BCUT2D eigenvalue weighted by molar-refractivity contribution is -0.187. The molecule has 0 aromatic heterocycles. The summed E-state index contributed by atoms with van der Waals surface area (Å²) in [5, 5.41) is 0. The number of nitrogens with zero attached hydrogens (tertiary/aromatic N) is 1. The van der Waals surface area contributed by atoms with Gasteiger partial charge in [-0.15, -0.1) is 0 Å². The summed E-state index contributed by atoms with van der Waals surface area (Å²) < 4.78 is 16.8. The van der Waals surface area contributed by atoms with E-state index in [0.29, 0.717) is 17.7 Å². The van der Waals surface area contributed by atoms with Crippen LogP contribution in [0.3, 0.4) is 0 Å². The fraction of sp³-hybridized carbons (Fsp3) is 0.227. The number of amides is 1. The number of carbonyl (C=O) groups is 3. The van der Waals surface area contributed by atoms with Crippen LogP contribution >= 0.6 is 0 Å². The summed E-state index contributed by atoms with van der Waals surface area (Å²) in [6.45, 7) is 0.355. The zero-order valence-electron chi connectivity index (χ0n) is 15.3. The highest BCUT2D eigenvalue weighted by molar-refractivity contribution is 5.91. The lowest BCUT2D eigenvalue weighted by Gasteiger charge is -2.52. The Balaban J connectivity index is 1.43. The molecule has 1 amide bonds. The molecule has 1 saturated heterocycles. The number of ether oxygens (including phenoxy) is 3. The highest BCUT2D eigenvalue weighted by atomic mass is 16.6. The van der Waals surface area contributed by atoms with Crippen LogP contribution in [0, 0.1) is 0 Å². The van der Waals surface area contributed by atoms with Gasteiger partial charge in [-0.25, -0.2) is 14.4 Å². The van der Waals surface area contributed by atoms with Crippen molar-refractivity contribution in [3.8, 4) is 0 Å². The molecule has 2 aromatic carbocycles. The topological polar surface area (TPSA) is 82.1 Å². The molecule has 2 heterocycles. The zero-order chi connectivity index (χ0) is 20.0. The van der Waals surface area contributed by atoms with Gasteiger partial charge in [0.1, 0.15) is 5.54 Å². The Morgan fingerprint density at radius 1 is 0.931 bits per heavy atom. The van der Waals surface area contributed by atoms with E-state index in [9.17, 15) is 14.4 Å². The molecular formula is C22H17NO6. The highest BCUT2D eigenvalue weighted by Crippen LogP contribution is 2.52. The van der Waals surface area contributed by atoms with E-state index in [1.54, 1.807) is 66.7 Å². The minimum absolute atomic E-state index is 0.355. The predicted molar refractivity (Wildman–Crippen MR) is 100 cm³/mol. The van der Waals surface area contributed by atoms with E-state index in [1.165, 1.54) is 4.90 Å². The molecule has 1 saturated carbocycles. The van der Waals surface area contributed by atoms with Crippen LogP contribution in [0.25, 0.3) is 0 Å². The van der Waals surface area contributed by atoms with Gasteiger partial charge in [-0.2, -0.15) is 0 Å². The van der Waals surface area contributed by atoms with Crippen molar-refractivity contribution in [2.75, 3.05) is 6.54 Å². The van der Waals surface area contributed by atoms with Crippen LogP contribution in [0.4, 0.5) is 4.79 Å². The summed E-state index contributed by atoms with van der Waals surface area (Å²) >= 11 is 0. The molecule has 3 aliphatic rings. The van der Waals surface area contributed by atoms with E-state index in [4.69, 9.17) is 14.2 Å². The van der Waals surface area contributed by atoms with Crippen LogP contribution in [0.1, 0.15) is 20.7 Å². The van der Waals surface area contributed by atoms with Gasteiger partial charge in [-0.3, -0.25) is 4.90 Å². The summed E-state index contributed by atoms with van der Waals surface area (Å²) in [5.41, 5.74) is -0.202. The summed E-state index contributed by atoms with van der Waals surface area (Å²) in [4.78, 5) is 39.1. The van der Waals surface area contributed by atoms with E-state index in [0.717, 1.165) is 0 Å². The molecule has 2 fully saturated rings. The summed E-state index contributed by atoms with van der Waals surface area (Å²) in [6, 6.07) is 17.0. The molecule has 7 heteroatoms. The molecule has 29 heavy (non-hydrogen) atoms. The number of rotatable bonds is 4. The monoisotopic (exact) mass is 391 g/mol. The van der Waals surface area contributed by atoms with Crippen molar-refractivity contribution in [2.24, 2.45) is 0 Å². The molecule has 146 valence electrons. The van der Waals surface area contributed by atoms with Crippen LogP contribution < -0.4 is 0 Å². The fourth-order valence-electron chi connectivity index (χ4n) is 4.20. The molecule has 5 rings (SSSR count). The average Bonchev–Trinajstić information content (AvgIpc) is 3.31. The van der Waals surface area contributed by atoms with Crippen molar-refractivity contribution in [1.82, 2.24) is 4.90 Å². The maximum atomic E-state index is 12.7. The van der Waals surface area contributed by atoms with E-state index < -0.39 is 41.9 Å². The Kier molecular flexibility index (Phi) is 3.91. The molecule has 1 aliphatic carbocycles. The Hall–Kier alpha value is -3.61. The molecule has 0 unspecified atom stereocenters. The molecule has 7 nitrogen and oxygen atoms in total. The standard InChI is InChI=1S/C22H17NO6/c24-19(14-8-3-1-4-9-14)27-16-17(28-20(25)15-10-5-2-6-11-15)22-12-7-13-23(22)21(26)29-18(16)22/h1-12,16-18H,13H2/t16-,17-,18+,22-/m1/s1. The lowest BCUT2D eigenvalue weighted by Crippen LogP contribution is -2.76. The Bertz CT molecular complexity index is 1000. The van der Waals surface area contributed by atoms with Crippen LogP contribution in [0.2, 0.25) is 0 Å². The van der Waals surface area contributed by atoms with Crippen molar-refractivity contribution in [3.63, 3.8) is 0 Å². The Labute approximate surface area is 166 Å². The number of benzene rings is 2. The third-order valence-corrected chi connectivity index (χ3v) is 5.59. The highest BCUT2D eigenvalue weighted by Gasteiger charge is 2.76. The van der Waals surface area contributed by atoms with E-state index in [1.807, 2.05) is 6.08 Å². The molecule has 0 N–H and O–H groups in total. The van der Waals surface area contributed by atoms with Crippen molar-refractivity contribution in [2.45, 2.75) is 23.9 Å². The molecule has 2 aromatic rings. The fourth-order valence-corrected chi connectivity index (χ4v) is 4.20. The Morgan fingerprint density at radius 2 is 1.52 bits per heavy atom. The molecule has 0 radical (unpaired) electrons. The molecule has 0 bridgehead atoms. The SMILES string of the molecule is O=C(O[C@@H]1[C@@H](OC(=O)c2ccccc2)[C@@]23C=CCN2C(=O)O[C@@H]13)c1ccccc1. The molecule has 4 atom stereocenters. The van der Waals surface area contributed by atoms with Gasteiger partial charge >= 0.3 is 18.0 Å². The first kappa shape index (κ1) is 17.5. The summed E-state index contributed by atoms with van der Waals surface area (Å²) in [5.74, 6) is -1.12. The van der Waals surface area contributed by atoms with Gasteiger partial charge in [0.15, 0.2) is 18.3 Å². The minimum Gasteiger partial charge on any atom is -0.452 e. The number of esters is 2. The second-order valence-corrected chi connectivity index (χ2v) is 7.13. The summed E-state index contributed by atoms with van der Waals surface area (Å²) in [7, 11) is 0. The summed E-state index contributed by atoms with van der Waals surface area (Å²) in [6.07, 6.45) is 0.629. The maximum absolute atomic E-state index is 12.7. The third kappa shape index (κ3) is 2.54. The maximum Gasteiger partial charge on any atom is 0.411 e. The molecular weight excluding hydrogens is 374 g/mol. The van der Waals surface area contributed by atoms with Gasteiger partial charge in [0.05, 0.1) is 11.1 Å². The smallest absolute Gasteiger partial charge is 0.411 e. The first-order valence-corrected chi connectivity index (χ1v) is 9.29. The van der Waals surface area contributed by atoms with Gasteiger partial charge in [-0.1, -0.05) is 48.6 Å². The molecule has 1 spiro atoms. The van der Waals surface area contributed by atoms with Crippen molar-refractivity contribution in [1.29, 1.82) is 0 Å². The largest absolute Gasteiger partial charge is 0.452 e. The first-order chi connectivity index (χ1) is 14.1. The third-order valence-electron chi connectivity index (χ3n) is 5.59. The average molecular weight is 391 g/mol. The molecule has 2 aliphatic heterocycles. The number of hydrogen-bond donors (Lipinski definition) is 0. The predicted octanol–water partition coefficient (Wildman–Crippen LogP) is 2.58. The lowest BCUT2D eigenvalue weighted by atomic mass is 9.68. The number of hydrogen-bond acceptors (Lipinski definition) is 6.